The van der Waals surface area contributed by atoms with Crippen LogP contribution in [-0.4, -0.2) is 68.3 Å². The number of rotatable bonds is 13. The first-order chi connectivity index (χ1) is 17.6. The standard InChI is InChI=1S/C26H41N5O6S/c1-8-14-38(35,36)30-22(18(3)9-2)24(33)29-21(17-31(7)25(34)37-26(4,5)6)23(32)28-16-20-12-10-19(15-27)11-13-20/h10-13,18,21-22,30H,8-9,14,16-17H2,1-7H3,(H,28,32)(H,29,33)/t18-,21+,22-/m1/s1. The SMILES string of the molecule is CCCS(=O)(=O)N[C@@H](C(=O)N[C@@H](CN(C)C(=O)OC(C)(C)C)C(=O)NCc1ccc(C#N)cc1)[C@H](C)CC. The minimum Gasteiger partial charge on any atom is -0.444 e. The number of likely N-dealkylation sites (N-methyl/N-ethyl adjacent to an activating group) is 1. The lowest BCUT2D eigenvalue weighted by Gasteiger charge is -2.29. The van der Waals surface area contributed by atoms with E-state index in [0.717, 1.165) is 5.56 Å². The Labute approximate surface area is 226 Å². The van der Waals surface area contributed by atoms with Crippen LogP contribution in [0.1, 0.15) is 65.5 Å². The summed E-state index contributed by atoms with van der Waals surface area (Å²) in [5.41, 5.74) is 0.444. The Morgan fingerprint density at radius 2 is 1.71 bits per heavy atom. The van der Waals surface area contributed by atoms with E-state index in [0.29, 0.717) is 18.4 Å². The van der Waals surface area contributed by atoms with Crippen molar-refractivity contribution in [2.24, 2.45) is 5.92 Å². The maximum atomic E-state index is 13.3. The molecule has 3 N–H and O–H groups in total. The zero-order valence-electron chi connectivity index (χ0n) is 23.3. The highest BCUT2D eigenvalue weighted by Gasteiger charge is 2.33. The summed E-state index contributed by atoms with van der Waals surface area (Å²) in [5, 5.41) is 14.3. The van der Waals surface area contributed by atoms with Crippen molar-refractivity contribution in [2.45, 2.75) is 78.6 Å². The number of nitrogens with zero attached hydrogens (tertiary/aromatic N) is 2. The van der Waals surface area contributed by atoms with Crippen molar-refractivity contribution in [1.29, 1.82) is 5.26 Å². The van der Waals surface area contributed by atoms with Crippen LogP contribution in [-0.2, 0) is 30.9 Å². The average molecular weight is 552 g/mol. The lowest BCUT2D eigenvalue weighted by Crippen LogP contribution is -2.58. The van der Waals surface area contributed by atoms with Gasteiger partial charge < -0.3 is 20.3 Å². The topological polar surface area (TPSA) is 158 Å². The number of hydrogen-bond donors (Lipinski definition) is 3. The van der Waals surface area contributed by atoms with Crippen LogP contribution in [0.4, 0.5) is 4.79 Å². The molecule has 0 saturated heterocycles. The zero-order valence-corrected chi connectivity index (χ0v) is 24.1. The highest BCUT2D eigenvalue weighted by molar-refractivity contribution is 7.89. The minimum atomic E-state index is -3.71. The molecule has 1 rings (SSSR count). The van der Waals surface area contributed by atoms with Gasteiger partial charge in [-0.3, -0.25) is 9.59 Å². The summed E-state index contributed by atoms with van der Waals surface area (Å²) in [6, 6.07) is 6.36. The van der Waals surface area contributed by atoms with E-state index in [2.05, 4.69) is 15.4 Å². The molecule has 0 unspecified atom stereocenters. The number of carbonyl (C=O) groups is 3. The number of nitrogens with one attached hydrogen (secondary N) is 3. The largest absolute Gasteiger partial charge is 0.444 e. The predicted molar refractivity (Wildman–Crippen MR) is 144 cm³/mol. The fraction of sp³-hybridized carbons (Fsp3) is 0.615. The smallest absolute Gasteiger partial charge is 0.410 e. The number of amides is 3. The summed E-state index contributed by atoms with van der Waals surface area (Å²) in [5.74, 6) is -1.73. The highest BCUT2D eigenvalue weighted by atomic mass is 32.2. The van der Waals surface area contributed by atoms with Crippen LogP contribution in [0.5, 0.6) is 0 Å². The van der Waals surface area contributed by atoms with Gasteiger partial charge in [0.1, 0.15) is 17.7 Å². The molecule has 0 aliphatic heterocycles. The molecule has 0 spiro atoms. The number of benzene rings is 1. The number of hydrogen-bond acceptors (Lipinski definition) is 7. The Morgan fingerprint density at radius 3 is 2.21 bits per heavy atom. The van der Waals surface area contributed by atoms with E-state index in [1.807, 2.05) is 13.0 Å². The van der Waals surface area contributed by atoms with Crippen LogP contribution in [0.3, 0.4) is 0 Å². The Kier molecular flexibility index (Phi) is 12.7. The molecular formula is C26H41N5O6S. The van der Waals surface area contributed by atoms with E-state index in [1.165, 1.54) is 11.9 Å². The van der Waals surface area contributed by atoms with E-state index in [1.54, 1.807) is 58.9 Å². The highest BCUT2D eigenvalue weighted by Crippen LogP contribution is 2.12. The molecule has 0 bridgehead atoms. The van der Waals surface area contributed by atoms with Gasteiger partial charge in [-0.2, -0.15) is 5.26 Å². The van der Waals surface area contributed by atoms with Gasteiger partial charge in [0.2, 0.25) is 21.8 Å². The third-order valence-electron chi connectivity index (χ3n) is 5.62. The van der Waals surface area contributed by atoms with Crippen LogP contribution >= 0.6 is 0 Å². The molecule has 38 heavy (non-hydrogen) atoms. The van der Waals surface area contributed by atoms with Crippen molar-refractivity contribution in [3.63, 3.8) is 0 Å². The molecular weight excluding hydrogens is 510 g/mol. The first kappa shape index (κ1) is 32.9. The summed E-state index contributed by atoms with van der Waals surface area (Å²) in [6.45, 7) is 10.3. The second kappa shape index (κ2) is 14.7. The monoisotopic (exact) mass is 551 g/mol. The molecule has 0 aromatic heterocycles. The van der Waals surface area contributed by atoms with Crippen molar-refractivity contribution in [3.05, 3.63) is 35.4 Å². The van der Waals surface area contributed by atoms with Gasteiger partial charge in [-0.15, -0.1) is 0 Å². The first-order valence-corrected chi connectivity index (χ1v) is 14.3. The second-order valence-electron chi connectivity index (χ2n) is 10.2. The number of carbonyl (C=O) groups excluding carboxylic acids is 3. The predicted octanol–water partition coefficient (Wildman–Crippen LogP) is 2.27. The Hall–Kier alpha value is -3.17. The van der Waals surface area contributed by atoms with Gasteiger partial charge in [0.15, 0.2) is 0 Å². The van der Waals surface area contributed by atoms with Crippen LogP contribution in [0, 0.1) is 17.2 Å². The number of nitriles is 1. The van der Waals surface area contributed by atoms with Crippen molar-refractivity contribution in [1.82, 2.24) is 20.3 Å². The van der Waals surface area contributed by atoms with E-state index in [9.17, 15) is 22.8 Å². The molecule has 1 aromatic rings. The fourth-order valence-electron chi connectivity index (χ4n) is 3.34. The molecule has 212 valence electrons. The first-order valence-electron chi connectivity index (χ1n) is 12.6. The van der Waals surface area contributed by atoms with Crippen LogP contribution in [0.15, 0.2) is 24.3 Å². The maximum Gasteiger partial charge on any atom is 0.410 e. The average Bonchev–Trinajstić information content (AvgIpc) is 2.84. The number of ether oxygens (including phenoxy) is 1. The summed E-state index contributed by atoms with van der Waals surface area (Å²) in [7, 11) is -2.27. The lowest BCUT2D eigenvalue weighted by atomic mass is 9.99. The van der Waals surface area contributed by atoms with Crippen molar-refractivity contribution in [3.8, 4) is 6.07 Å². The second-order valence-corrected chi connectivity index (χ2v) is 12.1. The van der Waals surface area contributed by atoms with E-state index in [-0.39, 0.29) is 24.8 Å². The third-order valence-corrected chi connectivity index (χ3v) is 7.18. The van der Waals surface area contributed by atoms with Crippen molar-refractivity contribution in [2.75, 3.05) is 19.3 Å². The number of sulfonamides is 1. The summed E-state index contributed by atoms with van der Waals surface area (Å²) in [4.78, 5) is 40.2. The van der Waals surface area contributed by atoms with Gasteiger partial charge in [-0.25, -0.2) is 17.9 Å². The van der Waals surface area contributed by atoms with Crippen LogP contribution in [0.25, 0.3) is 0 Å². The van der Waals surface area contributed by atoms with E-state index in [4.69, 9.17) is 10.00 Å². The van der Waals surface area contributed by atoms with Gasteiger partial charge >= 0.3 is 6.09 Å². The normalized spacial score (nSPS) is 13.9. The van der Waals surface area contributed by atoms with Crippen molar-refractivity contribution < 1.29 is 27.5 Å². The molecule has 0 heterocycles. The summed E-state index contributed by atoms with van der Waals surface area (Å²) < 4.78 is 32.7. The van der Waals surface area contributed by atoms with Gasteiger partial charge in [-0.1, -0.05) is 39.3 Å². The molecule has 0 saturated carbocycles. The molecule has 0 radical (unpaired) electrons. The Morgan fingerprint density at radius 1 is 1.11 bits per heavy atom. The quantitative estimate of drug-likeness (QED) is 0.339. The maximum absolute atomic E-state index is 13.3. The Bertz CT molecular complexity index is 1090. The lowest BCUT2D eigenvalue weighted by molar-refractivity contribution is -0.130. The van der Waals surface area contributed by atoms with Gasteiger partial charge in [-0.05, 0) is 50.8 Å². The molecule has 11 nitrogen and oxygen atoms in total. The molecule has 0 aliphatic carbocycles. The molecule has 12 heteroatoms. The summed E-state index contributed by atoms with van der Waals surface area (Å²) in [6.07, 6.45) is 0.212. The zero-order chi connectivity index (χ0) is 29.1. The molecule has 3 atom stereocenters. The molecule has 3 amide bonds. The summed E-state index contributed by atoms with van der Waals surface area (Å²) >= 11 is 0. The van der Waals surface area contributed by atoms with E-state index >= 15 is 0 Å². The Balaban J connectivity index is 3.14. The fourth-order valence-corrected chi connectivity index (χ4v) is 4.72. The van der Waals surface area contributed by atoms with E-state index < -0.39 is 45.6 Å². The molecule has 0 aliphatic rings. The van der Waals surface area contributed by atoms with Gasteiger partial charge in [0, 0.05) is 13.6 Å². The van der Waals surface area contributed by atoms with Crippen molar-refractivity contribution >= 4 is 27.9 Å². The molecule has 1 aromatic carbocycles. The van der Waals surface area contributed by atoms with Crippen LogP contribution in [0.2, 0.25) is 0 Å². The van der Waals surface area contributed by atoms with Gasteiger partial charge in [0.25, 0.3) is 0 Å². The third kappa shape index (κ3) is 11.5. The minimum absolute atomic E-state index is 0.116. The molecule has 0 fully saturated rings. The van der Waals surface area contributed by atoms with Crippen LogP contribution < -0.4 is 15.4 Å². The van der Waals surface area contributed by atoms with Gasteiger partial charge in [0.05, 0.1) is 23.9 Å².